The van der Waals surface area contributed by atoms with Crippen LogP contribution in [0.3, 0.4) is 0 Å². The molecule has 12 N–H and O–H groups in total. The Balaban J connectivity index is 2.00. The third-order valence-electron chi connectivity index (χ3n) is 4.80. The summed E-state index contributed by atoms with van der Waals surface area (Å²) in [6.45, 7) is 0.373. The smallest absolute Gasteiger partial charge is 0.221 e. The molecule has 0 bridgehead atoms. The second-order valence-electron chi connectivity index (χ2n) is 6.91. The Morgan fingerprint density at radius 2 is 1.68 bits per heavy atom. The molecule has 2 aliphatic rings. The van der Waals surface area contributed by atoms with E-state index in [1.165, 1.54) is 0 Å². The van der Waals surface area contributed by atoms with Gasteiger partial charge in [0.2, 0.25) is 5.91 Å². The molecule has 0 radical (unpaired) electrons. The molecule has 164 valence electrons. The van der Waals surface area contributed by atoms with Gasteiger partial charge in [-0.3, -0.25) is 4.79 Å². The van der Waals surface area contributed by atoms with Crippen LogP contribution in [-0.2, 0) is 19.0 Å². The van der Waals surface area contributed by atoms with Crippen molar-refractivity contribution in [2.75, 3.05) is 20.1 Å². The van der Waals surface area contributed by atoms with Crippen LogP contribution in [0.2, 0.25) is 0 Å². The first-order valence-corrected chi connectivity index (χ1v) is 9.04. The van der Waals surface area contributed by atoms with Gasteiger partial charge in [-0.2, -0.15) is 0 Å². The fourth-order valence-electron chi connectivity index (χ4n) is 3.02. The Bertz CT molecular complexity index is 517. The summed E-state index contributed by atoms with van der Waals surface area (Å²) < 4.78 is 16.2. The third kappa shape index (κ3) is 5.34. The topological polar surface area (TPSA) is 228 Å². The number of hydrogen-bond donors (Lipinski definition) is 9. The SMILES string of the molecule is CNCCC(=O)NCC1O[C@@H](O[C@H]2C(N)O[C@@H](N)C(O)[C@H]2O)C(N)[C@@H](O)[C@H]1O. The van der Waals surface area contributed by atoms with Crippen molar-refractivity contribution in [1.82, 2.24) is 10.6 Å². The maximum atomic E-state index is 11.7. The Hall–Kier alpha value is -0.970. The van der Waals surface area contributed by atoms with Gasteiger partial charge in [-0.25, -0.2) is 0 Å². The van der Waals surface area contributed by atoms with E-state index in [1.807, 2.05) is 0 Å². The lowest BCUT2D eigenvalue weighted by atomic mass is 9.96. The summed E-state index contributed by atoms with van der Waals surface area (Å²) in [5.41, 5.74) is 17.1. The van der Waals surface area contributed by atoms with E-state index in [-0.39, 0.29) is 18.9 Å². The highest BCUT2D eigenvalue weighted by Crippen LogP contribution is 2.26. The molecule has 0 saturated carbocycles. The highest BCUT2D eigenvalue weighted by molar-refractivity contribution is 5.76. The van der Waals surface area contributed by atoms with E-state index in [2.05, 4.69) is 10.6 Å². The lowest BCUT2D eigenvalue weighted by Crippen LogP contribution is -2.68. The first kappa shape index (κ1) is 23.3. The zero-order valence-corrected chi connectivity index (χ0v) is 15.5. The van der Waals surface area contributed by atoms with Crippen molar-refractivity contribution in [3.8, 4) is 0 Å². The van der Waals surface area contributed by atoms with Crippen molar-refractivity contribution in [2.24, 2.45) is 17.2 Å². The molecule has 2 rings (SSSR count). The van der Waals surface area contributed by atoms with Crippen molar-refractivity contribution in [1.29, 1.82) is 0 Å². The summed E-state index contributed by atoms with van der Waals surface area (Å²) >= 11 is 0. The zero-order chi connectivity index (χ0) is 21.0. The fourth-order valence-corrected chi connectivity index (χ4v) is 3.02. The van der Waals surface area contributed by atoms with E-state index in [4.69, 9.17) is 31.4 Å². The van der Waals surface area contributed by atoms with Crippen LogP contribution in [0.4, 0.5) is 0 Å². The molecule has 2 fully saturated rings. The standard InChI is InChI=1S/C15H31N5O8/c1-19-3-2-6(21)20-4-5-8(22)9(23)7(16)15(26-5)27-12-10(24)11(25)13(17)28-14(12)18/h5,7-15,19,22-25H,2-4,16-18H2,1H3,(H,20,21)/t5?,7?,8-,9+,10+,11?,12+,13+,14?,15-/m0/s1. The van der Waals surface area contributed by atoms with Gasteiger partial charge in [0.1, 0.15) is 49.1 Å². The lowest BCUT2D eigenvalue weighted by Gasteiger charge is -2.45. The van der Waals surface area contributed by atoms with Crippen LogP contribution in [0.5, 0.6) is 0 Å². The maximum absolute atomic E-state index is 11.7. The molecule has 13 heteroatoms. The summed E-state index contributed by atoms with van der Waals surface area (Å²) in [4.78, 5) is 11.7. The van der Waals surface area contributed by atoms with Crippen LogP contribution in [-0.4, -0.2) is 108 Å². The third-order valence-corrected chi connectivity index (χ3v) is 4.80. The number of rotatable bonds is 7. The van der Waals surface area contributed by atoms with E-state index in [1.54, 1.807) is 7.05 Å². The maximum Gasteiger partial charge on any atom is 0.221 e. The minimum Gasteiger partial charge on any atom is -0.388 e. The second kappa shape index (κ2) is 10.2. The van der Waals surface area contributed by atoms with Crippen LogP contribution >= 0.6 is 0 Å². The molecule has 28 heavy (non-hydrogen) atoms. The largest absolute Gasteiger partial charge is 0.388 e. The molecule has 10 atom stereocenters. The number of nitrogens with two attached hydrogens (primary N) is 3. The van der Waals surface area contributed by atoms with Gasteiger partial charge in [-0.05, 0) is 7.05 Å². The molecular weight excluding hydrogens is 378 g/mol. The molecule has 2 heterocycles. The van der Waals surface area contributed by atoms with Crippen molar-refractivity contribution >= 4 is 5.91 Å². The number of hydrogen-bond acceptors (Lipinski definition) is 12. The van der Waals surface area contributed by atoms with Gasteiger partial charge in [-0.15, -0.1) is 0 Å². The predicted octanol–water partition coefficient (Wildman–Crippen LogP) is -5.81. The Morgan fingerprint density at radius 3 is 2.32 bits per heavy atom. The number of carbonyl (C=O) groups excluding carboxylic acids is 1. The van der Waals surface area contributed by atoms with Crippen molar-refractivity contribution in [2.45, 2.75) is 67.8 Å². The average molecular weight is 409 g/mol. The van der Waals surface area contributed by atoms with Gasteiger partial charge in [0.25, 0.3) is 0 Å². The summed E-state index contributed by atoms with van der Waals surface area (Å²) in [6.07, 6.45) is -11.5. The minimum atomic E-state index is -1.49. The van der Waals surface area contributed by atoms with Crippen LogP contribution < -0.4 is 27.8 Å². The summed E-state index contributed by atoms with van der Waals surface area (Å²) in [7, 11) is 1.71. The Labute approximate surface area is 162 Å². The zero-order valence-electron chi connectivity index (χ0n) is 15.5. The monoisotopic (exact) mass is 409 g/mol. The van der Waals surface area contributed by atoms with Crippen LogP contribution in [0.1, 0.15) is 6.42 Å². The highest BCUT2D eigenvalue weighted by atomic mass is 16.7. The number of aliphatic hydroxyl groups excluding tert-OH is 4. The number of carbonyl (C=O) groups is 1. The number of amides is 1. The molecule has 0 aliphatic carbocycles. The van der Waals surface area contributed by atoms with Gasteiger partial charge in [0.05, 0.1) is 6.04 Å². The quantitative estimate of drug-likeness (QED) is 0.191. The van der Waals surface area contributed by atoms with E-state index >= 15 is 0 Å². The molecule has 0 aromatic carbocycles. The van der Waals surface area contributed by atoms with E-state index in [0.29, 0.717) is 6.54 Å². The number of aliphatic hydroxyl groups is 4. The molecule has 1 amide bonds. The number of nitrogens with one attached hydrogen (secondary N) is 2. The van der Waals surface area contributed by atoms with Crippen LogP contribution in [0.15, 0.2) is 0 Å². The minimum absolute atomic E-state index is 0.101. The van der Waals surface area contributed by atoms with Crippen molar-refractivity contribution in [3.63, 3.8) is 0 Å². The van der Waals surface area contributed by atoms with Crippen LogP contribution in [0, 0.1) is 0 Å². The van der Waals surface area contributed by atoms with E-state index in [0.717, 1.165) is 0 Å². The van der Waals surface area contributed by atoms with Gasteiger partial charge in [0.15, 0.2) is 6.29 Å². The van der Waals surface area contributed by atoms with Gasteiger partial charge >= 0.3 is 0 Å². The van der Waals surface area contributed by atoms with Gasteiger partial charge in [-0.1, -0.05) is 0 Å². The summed E-state index contributed by atoms with van der Waals surface area (Å²) in [5, 5.41) is 45.8. The van der Waals surface area contributed by atoms with Gasteiger partial charge < -0.3 is 62.5 Å². The molecule has 4 unspecified atom stereocenters. The molecule has 2 saturated heterocycles. The first-order valence-electron chi connectivity index (χ1n) is 9.04. The number of ether oxygens (including phenoxy) is 3. The summed E-state index contributed by atoms with van der Waals surface area (Å²) in [5.74, 6) is -0.276. The lowest BCUT2D eigenvalue weighted by molar-refractivity contribution is -0.313. The Morgan fingerprint density at radius 1 is 1.00 bits per heavy atom. The molecule has 13 nitrogen and oxygen atoms in total. The summed E-state index contributed by atoms with van der Waals surface area (Å²) in [6, 6.07) is -1.18. The van der Waals surface area contributed by atoms with E-state index in [9.17, 15) is 25.2 Å². The van der Waals surface area contributed by atoms with Crippen molar-refractivity contribution in [3.05, 3.63) is 0 Å². The molecule has 2 aliphatic heterocycles. The average Bonchev–Trinajstić information content (AvgIpc) is 2.66. The second-order valence-corrected chi connectivity index (χ2v) is 6.91. The van der Waals surface area contributed by atoms with E-state index < -0.39 is 61.4 Å². The molecular formula is C15H31N5O8. The molecule has 0 aromatic rings. The van der Waals surface area contributed by atoms with Crippen LogP contribution in [0.25, 0.3) is 0 Å². The molecule has 0 aromatic heterocycles. The molecule has 0 spiro atoms. The van der Waals surface area contributed by atoms with Crippen molar-refractivity contribution < 1.29 is 39.4 Å². The Kier molecular flexibility index (Phi) is 8.47. The van der Waals surface area contributed by atoms with Gasteiger partial charge in [0, 0.05) is 19.5 Å². The fraction of sp³-hybridized carbons (Fsp3) is 0.933. The highest BCUT2D eigenvalue weighted by Gasteiger charge is 2.48. The predicted molar refractivity (Wildman–Crippen MR) is 94.1 cm³/mol. The first-order chi connectivity index (χ1) is 13.2. The normalized spacial score (nSPS) is 44.3.